The van der Waals surface area contributed by atoms with Gasteiger partial charge in [0.15, 0.2) is 5.82 Å². The summed E-state index contributed by atoms with van der Waals surface area (Å²) >= 11 is 0. The summed E-state index contributed by atoms with van der Waals surface area (Å²) in [5.74, 6) is 2.03. The van der Waals surface area contributed by atoms with Crippen LogP contribution in [0.15, 0.2) is 34.9 Å². The lowest BCUT2D eigenvalue weighted by molar-refractivity contribution is -0.117. The Balaban J connectivity index is 1.25. The van der Waals surface area contributed by atoms with Crippen LogP contribution < -0.4 is 4.90 Å². The third kappa shape index (κ3) is 3.94. The molecule has 7 nitrogen and oxygen atoms in total. The predicted octanol–water partition coefficient (Wildman–Crippen LogP) is 1.55. The summed E-state index contributed by atoms with van der Waals surface area (Å²) in [6, 6.07) is 9.98. The highest BCUT2D eigenvalue weighted by Crippen LogP contribution is 2.25. The van der Waals surface area contributed by atoms with E-state index in [4.69, 9.17) is 4.52 Å². The summed E-state index contributed by atoms with van der Waals surface area (Å²) in [7, 11) is 0. The van der Waals surface area contributed by atoms with E-state index in [0.29, 0.717) is 18.2 Å². The molecule has 0 N–H and O–H groups in total. The summed E-state index contributed by atoms with van der Waals surface area (Å²) < 4.78 is 5.04. The molecule has 0 spiro atoms. The van der Waals surface area contributed by atoms with Crippen LogP contribution in [-0.4, -0.2) is 65.1 Å². The van der Waals surface area contributed by atoms with Gasteiger partial charge < -0.3 is 14.3 Å². The van der Waals surface area contributed by atoms with Crippen LogP contribution in [0.25, 0.3) is 0 Å². The van der Waals surface area contributed by atoms with Crippen LogP contribution in [0.2, 0.25) is 0 Å². The first-order valence-electron chi connectivity index (χ1n) is 9.26. The molecule has 0 unspecified atom stereocenters. The SMILES string of the molecule is Cc1nc(CN2CCN(C[C@@H]3CC(=O)N(c4ccccc4)C3)CC2)no1. The number of nitrogens with zero attached hydrogens (tertiary/aromatic N) is 5. The molecule has 2 aliphatic heterocycles. The van der Waals surface area contributed by atoms with Gasteiger partial charge in [-0.15, -0.1) is 0 Å². The maximum Gasteiger partial charge on any atom is 0.227 e. The van der Waals surface area contributed by atoms with E-state index in [1.54, 1.807) is 0 Å². The van der Waals surface area contributed by atoms with Crippen molar-refractivity contribution in [2.24, 2.45) is 5.92 Å². The van der Waals surface area contributed by atoms with Gasteiger partial charge in [-0.2, -0.15) is 4.98 Å². The van der Waals surface area contributed by atoms with Crippen molar-refractivity contribution in [3.05, 3.63) is 42.0 Å². The maximum absolute atomic E-state index is 12.4. The number of hydrogen-bond acceptors (Lipinski definition) is 6. The van der Waals surface area contributed by atoms with Crippen molar-refractivity contribution in [3.8, 4) is 0 Å². The van der Waals surface area contributed by atoms with Gasteiger partial charge in [0.25, 0.3) is 0 Å². The molecule has 1 atom stereocenters. The zero-order valence-electron chi connectivity index (χ0n) is 15.2. The number of anilines is 1. The lowest BCUT2D eigenvalue weighted by Crippen LogP contribution is -2.47. The molecular weight excluding hydrogens is 330 g/mol. The van der Waals surface area contributed by atoms with E-state index in [9.17, 15) is 4.79 Å². The second-order valence-corrected chi connectivity index (χ2v) is 7.22. The zero-order chi connectivity index (χ0) is 17.9. The Bertz CT molecular complexity index is 739. The average Bonchev–Trinajstić information content (AvgIpc) is 3.22. The summed E-state index contributed by atoms with van der Waals surface area (Å²) in [6.45, 7) is 8.41. The topological polar surface area (TPSA) is 65.7 Å². The highest BCUT2D eigenvalue weighted by Gasteiger charge is 2.32. The van der Waals surface area contributed by atoms with Crippen LogP contribution in [0.5, 0.6) is 0 Å². The van der Waals surface area contributed by atoms with Gasteiger partial charge in [0, 0.05) is 58.3 Å². The molecule has 2 aromatic rings. The predicted molar refractivity (Wildman–Crippen MR) is 97.7 cm³/mol. The van der Waals surface area contributed by atoms with Crippen molar-refractivity contribution in [2.75, 3.05) is 44.2 Å². The van der Waals surface area contributed by atoms with Crippen molar-refractivity contribution in [1.29, 1.82) is 0 Å². The Morgan fingerprint density at radius 1 is 1.12 bits per heavy atom. The van der Waals surface area contributed by atoms with Crippen LogP contribution in [0.1, 0.15) is 18.1 Å². The molecule has 3 heterocycles. The van der Waals surface area contributed by atoms with Crippen LogP contribution in [0.4, 0.5) is 5.69 Å². The van der Waals surface area contributed by atoms with Crippen molar-refractivity contribution in [3.63, 3.8) is 0 Å². The van der Waals surface area contributed by atoms with Crippen molar-refractivity contribution >= 4 is 11.6 Å². The quantitative estimate of drug-likeness (QED) is 0.811. The largest absolute Gasteiger partial charge is 0.340 e. The summed E-state index contributed by atoms with van der Waals surface area (Å²) in [5.41, 5.74) is 1.01. The van der Waals surface area contributed by atoms with Crippen LogP contribution >= 0.6 is 0 Å². The lowest BCUT2D eigenvalue weighted by atomic mass is 10.1. The molecule has 1 amide bonds. The third-order valence-electron chi connectivity index (χ3n) is 5.19. The number of rotatable bonds is 5. The third-order valence-corrected chi connectivity index (χ3v) is 5.19. The van der Waals surface area contributed by atoms with E-state index < -0.39 is 0 Å². The minimum atomic E-state index is 0.243. The fraction of sp³-hybridized carbons (Fsp3) is 0.526. The monoisotopic (exact) mass is 355 g/mol. The van der Waals surface area contributed by atoms with Crippen molar-refractivity contribution in [1.82, 2.24) is 19.9 Å². The molecular formula is C19H25N5O2. The van der Waals surface area contributed by atoms with Crippen LogP contribution in [-0.2, 0) is 11.3 Å². The van der Waals surface area contributed by atoms with Crippen molar-refractivity contribution < 1.29 is 9.32 Å². The van der Waals surface area contributed by atoms with Gasteiger partial charge in [0.05, 0.1) is 6.54 Å². The molecule has 26 heavy (non-hydrogen) atoms. The Labute approximate surface area is 153 Å². The first-order chi connectivity index (χ1) is 12.7. The van der Waals surface area contributed by atoms with Gasteiger partial charge in [-0.1, -0.05) is 23.4 Å². The number of para-hydroxylation sites is 1. The van der Waals surface area contributed by atoms with Gasteiger partial charge in [-0.05, 0) is 18.1 Å². The number of hydrogen-bond donors (Lipinski definition) is 0. The first-order valence-corrected chi connectivity index (χ1v) is 9.26. The van der Waals surface area contributed by atoms with E-state index in [2.05, 4.69) is 19.9 Å². The van der Waals surface area contributed by atoms with Gasteiger partial charge in [0.1, 0.15) is 0 Å². The van der Waals surface area contributed by atoms with Crippen molar-refractivity contribution in [2.45, 2.75) is 19.9 Å². The Kier molecular flexibility index (Phi) is 4.99. The summed E-state index contributed by atoms with van der Waals surface area (Å²) in [4.78, 5) is 23.4. The second-order valence-electron chi connectivity index (χ2n) is 7.22. The summed E-state index contributed by atoms with van der Waals surface area (Å²) in [5, 5.41) is 3.97. The van der Waals surface area contributed by atoms with Gasteiger partial charge in [-0.3, -0.25) is 9.69 Å². The molecule has 2 saturated heterocycles. The molecule has 138 valence electrons. The standard InChI is InChI=1S/C19H25N5O2/c1-15-20-18(21-26-15)14-23-9-7-22(8-10-23)12-16-11-19(25)24(13-16)17-5-3-2-4-6-17/h2-6,16H,7-14H2,1H3/t16-/m0/s1. The number of aryl methyl sites for hydroxylation is 1. The molecule has 0 bridgehead atoms. The Morgan fingerprint density at radius 2 is 1.85 bits per heavy atom. The zero-order valence-corrected chi connectivity index (χ0v) is 15.2. The minimum Gasteiger partial charge on any atom is -0.340 e. The molecule has 0 saturated carbocycles. The molecule has 2 fully saturated rings. The smallest absolute Gasteiger partial charge is 0.227 e. The fourth-order valence-corrected chi connectivity index (χ4v) is 3.86. The molecule has 0 radical (unpaired) electrons. The highest BCUT2D eigenvalue weighted by molar-refractivity contribution is 5.95. The van der Waals surface area contributed by atoms with Crippen LogP contribution in [0.3, 0.4) is 0 Å². The van der Waals surface area contributed by atoms with Crippen LogP contribution in [0, 0.1) is 12.8 Å². The number of benzene rings is 1. The fourth-order valence-electron chi connectivity index (χ4n) is 3.86. The molecule has 4 rings (SSSR count). The number of carbonyl (C=O) groups is 1. The average molecular weight is 355 g/mol. The Hall–Kier alpha value is -2.25. The molecule has 7 heteroatoms. The number of carbonyl (C=O) groups excluding carboxylic acids is 1. The number of amides is 1. The van der Waals surface area contributed by atoms with Gasteiger partial charge in [-0.25, -0.2) is 0 Å². The minimum absolute atomic E-state index is 0.243. The molecule has 2 aliphatic rings. The lowest BCUT2D eigenvalue weighted by Gasteiger charge is -2.35. The normalized spacial score (nSPS) is 22.3. The second kappa shape index (κ2) is 7.55. The van der Waals surface area contributed by atoms with E-state index in [1.807, 2.05) is 42.2 Å². The highest BCUT2D eigenvalue weighted by atomic mass is 16.5. The maximum atomic E-state index is 12.4. The number of piperazine rings is 1. The van der Waals surface area contributed by atoms with Gasteiger partial charge in [0.2, 0.25) is 11.8 Å². The van der Waals surface area contributed by atoms with E-state index in [1.165, 1.54) is 0 Å². The Morgan fingerprint density at radius 3 is 2.54 bits per heavy atom. The molecule has 1 aromatic carbocycles. The molecule has 0 aliphatic carbocycles. The first kappa shape index (κ1) is 17.2. The summed E-state index contributed by atoms with van der Waals surface area (Å²) in [6.07, 6.45) is 0.650. The van der Waals surface area contributed by atoms with Gasteiger partial charge >= 0.3 is 0 Å². The van der Waals surface area contributed by atoms with E-state index >= 15 is 0 Å². The molecule has 1 aromatic heterocycles. The van der Waals surface area contributed by atoms with E-state index in [-0.39, 0.29) is 5.91 Å². The number of aromatic nitrogens is 2. The van der Waals surface area contributed by atoms with E-state index in [0.717, 1.165) is 57.3 Å².